The van der Waals surface area contributed by atoms with Crippen molar-refractivity contribution in [1.82, 2.24) is 10.6 Å². The Balaban J connectivity index is 0.000001000. The number of hydrogen-bond donors (Lipinski definition) is 2. The molecule has 2 heterocycles. The van der Waals surface area contributed by atoms with Crippen LogP contribution in [0.2, 0.25) is 0 Å². The predicted octanol–water partition coefficient (Wildman–Crippen LogP) is 2.02. The summed E-state index contributed by atoms with van der Waals surface area (Å²) >= 11 is 0. The van der Waals surface area contributed by atoms with E-state index in [1.807, 2.05) is 6.20 Å². The van der Waals surface area contributed by atoms with Crippen LogP contribution in [-0.4, -0.2) is 24.7 Å². The van der Waals surface area contributed by atoms with Crippen molar-refractivity contribution in [1.29, 1.82) is 0 Å². The number of hydrogen-bond acceptors (Lipinski definition) is 3. The van der Waals surface area contributed by atoms with Crippen molar-refractivity contribution >= 4 is 12.4 Å². The molecule has 0 aromatic carbocycles. The predicted molar refractivity (Wildman–Crippen MR) is 73.6 cm³/mol. The second-order valence-electron chi connectivity index (χ2n) is 5.36. The minimum atomic E-state index is 0. The zero-order chi connectivity index (χ0) is 11.2. The van der Waals surface area contributed by atoms with E-state index in [-0.39, 0.29) is 18.5 Å². The molecule has 4 rings (SSSR count). The molecular formula is C14H19ClN2O. The molecule has 4 aliphatic rings. The monoisotopic (exact) mass is 266 g/mol. The van der Waals surface area contributed by atoms with Gasteiger partial charge in [-0.1, -0.05) is 11.6 Å². The summed E-state index contributed by atoms with van der Waals surface area (Å²) in [6.07, 6.45) is 11.2. The van der Waals surface area contributed by atoms with Crippen LogP contribution in [0.4, 0.5) is 0 Å². The van der Waals surface area contributed by atoms with Crippen molar-refractivity contribution in [3.63, 3.8) is 0 Å². The first-order valence-corrected chi connectivity index (χ1v) is 6.66. The Labute approximate surface area is 114 Å². The van der Waals surface area contributed by atoms with Gasteiger partial charge in [-0.2, -0.15) is 0 Å². The Morgan fingerprint density at radius 3 is 3.17 bits per heavy atom. The van der Waals surface area contributed by atoms with E-state index in [2.05, 4.69) is 16.7 Å². The minimum Gasteiger partial charge on any atom is -0.490 e. The first-order valence-electron chi connectivity index (χ1n) is 6.66. The van der Waals surface area contributed by atoms with E-state index < -0.39 is 0 Å². The fourth-order valence-corrected chi connectivity index (χ4v) is 3.67. The Hall–Kier alpha value is -0.930. The van der Waals surface area contributed by atoms with Gasteiger partial charge >= 0.3 is 0 Å². The third-order valence-electron chi connectivity index (χ3n) is 4.45. The summed E-state index contributed by atoms with van der Waals surface area (Å²) in [5, 5.41) is 7.10. The number of rotatable bonds is 0. The molecule has 0 aromatic heterocycles. The van der Waals surface area contributed by atoms with Crippen LogP contribution in [0.5, 0.6) is 0 Å². The zero-order valence-corrected chi connectivity index (χ0v) is 11.1. The van der Waals surface area contributed by atoms with Gasteiger partial charge in [0.25, 0.3) is 0 Å². The van der Waals surface area contributed by atoms with Crippen LogP contribution in [0, 0.1) is 0 Å². The fourth-order valence-electron chi connectivity index (χ4n) is 3.67. The van der Waals surface area contributed by atoms with Crippen LogP contribution in [0.1, 0.15) is 25.7 Å². The molecule has 0 bridgehead atoms. The summed E-state index contributed by atoms with van der Waals surface area (Å²) < 4.78 is 5.88. The number of ether oxygens (including phenoxy) is 1. The molecular weight excluding hydrogens is 248 g/mol. The molecule has 3 atom stereocenters. The number of allylic oxidation sites excluding steroid dienone is 1. The van der Waals surface area contributed by atoms with Crippen LogP contribution in [-0.2, 0) is 4.74 Å². The van der Waals surface area contributed by atoms with Crippen molar-refractivity contribution in [2.45, 2.75) is 43.9 Å². The highest BCUT2D eigenvalue weighted by molar-refractivity contribution is 5.85. The van der Waals surface area contributed by atoms with Crippen LogP contribution in [0.3, 0.4) is 0 Å². The quantitative estimate of drug-likeness (QED) is 0.704. The normalized spacial score (nSPS) is 36.4. The highest BCUT2D eigenvalue weighted by atomic mass is 35.5. The maximum Gasteiger partial charge on any atom is 0.143 e. The largest absolute Gasteiger partial charge is 0.490 e. The molecule has 0 aromatic rings. The van der Waals surface area contributed by atoms with Crippen LogP contribution < -0.4 is 10.6 Å². The second-order valence-corrected chi connectivity index (χ2v) is 5.36. The van der Waals surface area contributed by atoms with E-state index in [0.717, 1.165) is 6.54 Å². The van der Waals surface area contributed by atoms with E-state index in [1.165, 1.54) is 31.3 Å². The zero-order valence-electron chi connectivity index (χ0n) is 10.3. The second kappa shape index (κ2) is 4.63. The summed E-state index contributed by atoms with van der Waals surface area (Å²) in [5.41, 5.74) is 4.67. The molecule has 0 spiro atoms. The van der Waals surface area contributed by atoms with Gasteiger partial charge in [0.15, 0.2) is 0 Å². The Morgan fingerprint density at radius 1 is 1.28 bits per heavy atom. The minimum absolute atomic E-state index is 0. The van der Waals surface area contributed by atoms with Gasteiger partial charge in [-0.15, -0.1) is 12.4 Å². The third-order valence-corrected chi connectivity index (χ3v) is 4.45. The van der Waals surface area contributed by atoms with Crippen molar-refractivity contribution in [2.75, 3.05) is 6.54 Å². The first kappa shape index (κ1) is 12.1. The molecule has 2 aliphatic heterocycles. The average Bonchev–Trinajstić information content (AvgIpc) is 2.72. The molecule has 0 unspecified atom stereocenters. The fraction of sp³-hybridized carbons (Fsp3) is 0.571. The number of fused-ring (bicyclic) bond motifs is 2. The van der Waals surface area contributed by atoms with Crippen molar-refractivity contribution in [3.8, 4) is 0 Å². The Morgan fingerprint density at radius 2 is 2.22 bits per heavy atom. The number of halogens is 1. The van der Waals surface area contributed by atoms with Gasteiger partial charge < -0.3 is 15.4 Å². The standard InChI is InChI=1S/C14H18N2O.ClH/c1-2-10-13-9(8-16-11(13)3-1)4-5-12-14(10)17-7-6-15-12;/h2,6-7,11-12,14-16H,1,3-5,8H2;1H/t11-,12+,14+;/m0./s1. The van der Waals surface area contributed by atoms with E-state index in [9.17, 15) is 0 Å². The summed E-state index contributed by atoms with van der Waals surface area (Å²) in [7, 11) is 0. The smallest absolute Gasteiger partial charge is 0.143 e. The van der Waals surface area contributed by atoms with Crippen molar-refractivity contribution in [3.05, 3.63) is 35.3 Å². The van der Waals surface area contributed by atoms with Gasteiger partial charge in [-0.05, 0) is 36.8 Å². The molecule has 2 aliphatic carbocycles. The van der Waals surface area contributed by atoms with Crippen LogP contribution in [0.15, 0.2) is 35.3 Å². The lowest BCUT2D eigenvalue weighted by atomic mass is 9.85. The van der Waals surface area contributed by atoms with Gasteiger partial charge in [0.05, 0.1) is 12.3 Å². The molecule has 0 amide bonds. The first-order chi connectivity index (χ1) is 8.43. The van der Waals surface area contributed by atoms with E-state index in [1.54, 1.807) is 17.4 Å². The van der Waals surface area contributed by atoms with Gasteiger partial charge in [0.2, 0.25) is 0 Å². The SMILES string of the molecule is C1=CO[C@@H]2C3=CCC[C@@H]4NCC(=C34)CC[C@H]2N1.Cl. The highest BCUT2D eigenvalue weighted by Crippen LogP contribution is 2.40. The summed E-state index contributed by atoms with van der Waals surface area (Å²) in [6.45, 7) is 1.09. The highest BCUT2D eigenvalue weighted by Gasteiger charge is 2.39. The molecule has 98 valence electrons. The number of nitrogens with one attached hydrogen (secondary N) is 2. The molecule has 0 saturated carbocycles. The Bertz CT molecular complexity index is 441. The van der Waals surface area contributed by atoms with Crippen molar-refractivity contribution < 1.29 is 4.74 Å². The van der Waals surface area contributed by atoms with Gasteiger partial charge in [-0.25, -0.2) is 0 Å². The van der Waals surface area contributed by atoms with Crippen LogP contribution >= 0.6 is 12.4 Å². The van der Waals surface area contributed by atoms with Gasteiger partial charge in [0.1, 0.15) is 6.10 Å². The lowest BCUT2D eigenvalue weighted by Gasteiger charge is -2.34. The summed E-state index contributed by atoms with van der Waals surface area (Å²) in [6, 6.07) is 1.05. The van der Waals surface area contributed by atoms with Gasteiger partial charge in [0, 0.05) is 18.8 Å². The van der Waals surface area contributed by atoms with Crippen molar-refractivity contribution in [2.24, 2.45) is 0 Å². The topological polar surface area (TPSA) is 33.3 Å². The molecule has 0 saturated heterocycles. The average molecular weight is 267 g/mol. The summed E-state index contributed by atoms with van der Waals surface area (Å²) in [4.78, 5) is 0. The van der Waals surface area contributed by atoms with E-state index in [0.29, 0.717) is 12.1 Å². The molecule has 2 N–H and O–H groups in total. The van der Waals surface area contributed by atoms with E-state index >= 15 is 0 Å². The van der Waals surface area contributed by atoms with E-state index in [4.69, 9.17) is 4.74 Å². The third kappa shape index (κ3) is 1.69. The summed E-state index contributed by atoms with van der Waals surface area (Å²) in [5.74, 6) is 0. The lowest BCUT2D eigenvalue weighted by molar-refractivity contribution is 0.120. The maximum absolute atomic E-state index is 5.88. The molecule has 0 radical (unpaired) electrons. The molecule has 0 fully saturated rings. The molecule has 18 heavy (non-hydrogen) atoms. The lowest BCUT2D eigenvalue weighted by Crippen LogP contribution is -2.43. The molecule has 3 nitrogen and oxygen atoms in total. The van der Waals surface area contributed by atoms with Crippen LogP contribution in [0.25, 0.3) is 0 Å². The van der Waals surface area contributed by atoms with Gasteiger partial charge in [-0.3, -0.25) is 0 Å². The molecule has 4 heteroatoms. The maximum atomic E-state index is 5.88. The Kier molecular flexibility index (Phi) is 3.12.